The lowest BCUT2D eigenvalue weighted by Crippen LogP contribution is -2.45. The van der Waals surface area contributed by atoms with Gasteiger partial charge in [0, 0.05) is 4.92 Å². The highest BCUT2D eigenvalue weighted by molar-refractivity contribution is 5.55. The summed E-state index contributed by atoms with van der Waals surface area (Å²) in [6, 6.07) is 9.90. The Hall–Kier alpha value is -4.86. The van der Waals surface area contributed by atoms with Crippen LogP contribution in [0.15, 0.2) is 36.4 Å². The lowest BCUT2D eigenvalue weighted by Gasteiger charge is -2.30. The highest BCUT2D eigenvalue weighted by atomic mass is 16.9. The minimum Gasteiger partial charge on any atom is -0.493 e. The number of nitro groups is 1. The van der Waals surface area contributed by atoms with Crippen molar-refractivity contribution in [2.24, 2.45) is 0 Å². The van der Waals surface area contributed by atoms with Gasteiger partial charge in [-0.25, -0.2) is 0 Å². The van der Waals surface area contributed by atoms with Crippen LogP contribution in [0.25, 0.3) is 0 Å². The average Bonchev–Trinajstić information content (AvgIpc) is 3.09. The molecule has 0 atom stereocenters. The van der Waals surface area contributed by atoms with Crippen LogP contribution in [0.1, 0.15) is 16.7 Å². The predicted octanol–water partition coefficient (Wildman–Crippen LogP) is 4.64. The first-order valence-electron chi connectivity index (χ1n) is 14.0. The van der Waals surface area contributed by atoms with Gasteiger partial charge in [0.2, 0.25) is 17.2 Å². The molecular weight excluding hydrogens is 622 g/mol. The van der Waals surface area contributed by atoms with E-state index in [0.29, 0.717) is 68.4 Å². The van der Waals surface area contributed by atoms with E-state index >= 15 is 0 Å². The minimum absolute atomic E-state index is 0.213. The second-order valence-corrected chi connectivity index (χ2v) is 9.64. The molecule has 0 aliphatic rings. The van der Waals surface area contributed by atoms with E-state index in [1.807, 2.05) is 0 Å². The van der Waals surface area contributed by atoms with E-state index in [-0.39, 0.29) is 19.8 Å². The summed E-state index contributed by atoms with van der Waals surface area (Å²) < 4.78 is 67.4. The van der Waals surface area contributed by atoms with Crippen LogP contribution >= 0.6 is 0 Å². The molecule has 0 saturated heterocycles. The Labute approximate surface area is 273 Å². The number of hydrogen-bond acceptors (Lipinski definition) is 14. The summed E-state index contributed by atoms with van der Waals surface area (Å²) in [6.45, 7) is -1.54. The summed E-state index contributed by atoms with van der Waals surface area (Å²) in [4.78, 5) is 11.5. The Morgan fingerprint density at radius 1 is 0.468 bits per heavy atom. The van der Waals surface area contributed by atoms with Crippen LogP contribution in [0.5, 0.6) is 51.7 Å². The topological polar surface area (TPSA) is 154 Å². The smallest absolute Gasteiger partial charge is 0.352 e. The van der Waals surface area contributed by atoms with Gasteiger partial charge < -0.3 is 56.8 Å². The summed E-state index contributed by atoms with van der Waals surface area (Å²) >= 11 is 0. The maximum atomic E-state index is 12.1. The fraction of sp³-hybridized carbons (Fsp3) is 0.438. The molecule has 47 heavy (non-hydrogen) atoms. The van der Waals surface area contributed by atoms with Gasteiger partial charge in [-0.3, -0.25) is 10.1 Å². The van der Waals surface area contributed by atoms with E-state index in [1.54, 1.807) is 36.4 Å². The number of nitrogens with zero attached hydrogens (tertiary/aromatic N) is 1. The lowest BCUT2D eigenvalue weighted by molar-refractivity contribution is -0.561. The lowest BCUT2D eigenvalue weighted by atomic mass is 10.2. The van der Waals surface area contributed by atoms with Gasteiger partial charge in [-0.2, -0.15) is 0 Å². The largest absolute Gasteiger partial charge is 0.493 e. The van der Waals surface area contributed by atoms with Gasteiger partial charge in [0.25, 0.3) is 6.54 Å². The molecule has 0 heterocycles. The van der Waals surface area contributed by atoms with Crippen LogP contribution in [-0.2, 0) is 34.0 Å². The van der Waals surface area contributed by atoms with Gasteiger partial charge in [0.1, 0.15) is 0 Å². The quantitative estimate of drug-likeness (QED) is 0.0936. The molecule has 0 amide bonds. The number of benzene rings is 3. The van der Waals surface area contributed by atoms with Crippen LogP contribution in [0.3, 0.4) is 0 Å². The molecule has 0 spiro atoms. The van der Waals surface area contributed by atoms with Crippen molar-refractivity contribution in [3.8, 4) is 51.7 Å². The maximum absolute atomic E-state index is 12.1. The van der Waals surface area contributed by atoms with E-state index < -0.39 is 17.4 Å². The molecule has 3 rings (SSSR count). The number of hydrogen-bond donors (Lipinski definition) is 0. The number of methoxy groups -OCH3 is 9. The van der Waals surface area contributed by atoms with Gasteiger partial charge in [0.05, 0.1) is 83.8 Å². The first-order chi connectivity index (χ1) is 22.6. The molecule has 0 aromatic heterocycles. The molecule has 0 unspecified atom stereocenters. The monoisotopic (exact) mass is 663 g/mol. The maximum Gasteiger partial charge on any atom is 0.352 e. The Morgan fingerprint density at radius 2 is 0.702 bits per heavy atom. The summed E-state index contributed by atoms with van der Waals surface area (Å²) in [5, 5.41) is 12.1. The number of ether oxygens (including phenoxy) is 12. The van der Waals surface area contributed by atoms with Gasteiger partial charge in [-0.15, -0.1) is 0 Å². The Morgan fingerprint density at radius 3 is 0.872 bits per heavy atom. The van der Waals surface area contributed by atoms with E-state index in [0.717, 1.165) is 0 Å². The molecule has 3 aromatic rings. The molecule has 0 saturated carbocycles. The molecule has 3 aromatic carbocycles. The Kier molecular flexibility index (Phi) is 13.4. The Balaban J connectivity index is 2.06. The fourth-order valence-electron chi connectivity index (χ4n) is 4.66. The molecule has 0 aliphatic carbocycles. The van der Waals surface area contributed by atoms with Crippen molar-refractivity contribution in [1.82, 2.24) is 0 Å². The third-order valence-electron chi connectivity index (χ3n) is 6.87. The first kappa shape index (κ1) is 36.6. The number of rotatable bonds is 20. The fourth-order valence-corrected chi connectivity index (χ4v) is 4.66. The summed E-state index contributed by atoms with van der Waals surface area (Å²) in [5.74, 6) is 1.06. The molecule has 0 bridgehead atoms. The molecular formula is C32H41NO14. The van der Waals surface area contributed by atoms with Crippen LogP contribution in [0.2, 0.25) is 0 Å². The summed E-state index contributed by atoms with van der Waals surface area (Å²) in [5.41, 5.74) is 1.58. The zero-order chi connectivity index (χ0) is 34.6. The summed E-state index contributed by atoms with van der Waals surface area (Å²) in [7, 11) is 13.3. The van der Waals surface area contributed by atoms with Gasteiger partial charge in [-0.05, 0) is 53.1 Å². The highest BCUT2D eigenvalue weighted by Crippen LogP contribution is 2.41. The zero-order valence-corrected chi connectivity index (χ0v) is 28.0. The highest BCUT2D eigenvalue weighted by Gasteiger charge is 2.41. The van der Waals surface area contributed by atoms with Gasteiger partial charge >= 0.3 is 5.97 Å². The Bertz CT molecular complexity index is 1260. The van der Waals surface area contributed by atoms with Crippen molar-refractivity contribution in [3.05, 3.63) is 63.2 Å². The van der Waals surface area contributed by atoms with Crippen LogP contribution in [-0.4, -0.2) is 81.4 Å². The molecule has 258 valence electrons. The van der Waals surface area contributed by atoms with E-state index in [4.69, 9.17) is 56.8 Å². The molecule has 15 nitrogen and oxygen atoms in total. The normalized spacial score (nSPS) is 11.0. The van der Waals surface area contributed by atoms with Gasteiger partial charge in [-0.1, -0.05) is 0 Å². The van der Waals surface area contributed by atoms with E-state index in [2.05, 4.69) is 0 Å². The van der Waals surface area contributed by atoms with Crippen molar-refractivity contribution in [1.29, 1.82) is 0 Å². The van der Waals surface area contributed by atoms with Crippen LogP contribution < -0.4 is 42.6 Å². The first-order valence-corrected chi connectivity index (χ1v) is 14.0. The molecule has 15 heteroatoms. The molecule has 0 N–H and O–H groups in total. The standard InChI is InChI=1S/C32H41NO14/c1-36-23-10-20(11-24(37-2)29(23)42-7)16-45-32(19-33(34)35,46-17-21-12-25(38-3)30(43-8)26(13-21)39-4)47-18-22-14-27(40-5)31(44-9)28(15-22)41-6/h10-15H,16-19H2,1-9H3. The van der Waals surface area contributed by atoms with Crippen molar-refractivity contribution >= 4 is 0 Å². The minimum atomic E-state index is -2.22. The van der Waals surface area contributed by atoms with Crippen molar-refractivity contribution in [3.63, 3.8) is 0 Å². The average molecular weight is 664 g/mol. The molecule has 0 fully saturated rings. The van der Waals surface area contributed by atoms with Crippen molar-refractivity contribution in [2.75, 3.05) is 70.5 Å². The van der Waals surface area contributed by atoms with Crippen LogP contribution in [0, 0.1) is 10.1 Å². The SMILES string of the molecule is COc1cc(COC(C[N+](=O)[O-])(OCc2cc(OC)c(OC)c(OC)c2)OCc2cc(OC)c(OC)c(OC)c2)cc(OC)c1OC. The van der Waals surface area contributed by atoms with E-state index in [9.17, 15) is 10.1 Å². The molecule has 0 aliphatic heterocycles. The van der Waals surface area contributed by atoms with Crippen molar-refractivity contribution in [2.45, 2.75) is 25.8 Å². The second-order valence-electron chi connectivity index (χ2n) is 9.64. The van der Waals surface area contributed by atoms with E-state index in [1.165, 1.54) is 64.0 Å². The third-order valence-corrected chi connectivity index (χ3v) is 6.87. The zero-order valence-electron chi connectivity index (χ0n) is 28.0. The van der Waals surface area contributed by atoms with Crippen molar-refractivity contribution < 1.29 is 61.8 Å². The third kappa shape index (κ3) is 8.90. The second kappa shape index (κ2) is 17.2. The van der Waals surface area contributed by atoms with Crippen LogP contribution in [0.4, 0.5) is 0 Å². The van der Waals surface area contributed by atoms with Gasteiger partial charge in [0.15, 0.2) is 34.5 Å². The predicted molar refractivity (Wildman–Crippen MR) is 167 cm³/mol. The summed E-state index contributed by atoms with van der Waals surface area (Å²) in [6.07, 6.45) is 0. The molecule has 0 radical (unpaired) electrons.